The summed E-state index contributed by atoms with van der Waals surface area (Å²) in [6, 6.07) is 23.0. The lowest BCUT2D eigenvalue weighted by molar-refractivity contribution is -0.0314. The molecule has 12 aliphatic rings. The fraction of sp³-hybridized carbons (Fsp3) is 0.391. The van der Waals surface area contributed by atoms with Gasteiger partial charge < -0.3 is 45.0 Å². The third kappa shape index (κ3) is 18.4. The molecule has 4 aliphatic carbocycles. The van der Waals surface area contributed by atoms with Gasteiger partial charge in [0.05, 0.1) is 120 Å². The number of carbonyl (C=O) groups excluding carboxylic acids is 4. The molecule has 634 valence electrons. The zero-order valence-corrected chi connectivity index (χ0v) is 70.7. The highest BCUT2D eigenvalue weighted by atomic mass is 16.5. The number of rotatable bonds is 17. The van der Waals surface area contributed by atoms with Crippen LogP contribution in [0, 0.1) is 72.1 Å². The second-order valence-electron chi connectivity index (χ2n) is 33.6. The molecule has 24 rings (SSSR count). The first kappa shape index (κ1) is 82.6. The summed E-state index contributed by atoms with van der Waals surface area (Å²) in [7, 11) is 1.58. The third-order valence-corrected chi connectivity index (χ3v) is 24.8. The van der Waals surface area contributed by atoms with Gasteiger partial charge in [0.1, 0.15) is 40.7 Å². The van der Waals surface area contributed by atoms with Crippen molar-refractivity contribution in [2.75, 3.05) is 49.2 Å². The normalized spacial score (nSPS) is 22.4. The maximum absolute atomic E-state index is 13.9. The van der Waals surface area contributed by atoms with Crippen LogP contribution in [-0.2, 0) is 0 Å². The van der Waals surface area contributed by atoms with E-state index in [0.29, 0.717) is 97.8 Å². The number of hydrogen-bond donors (Lipinski definition) is 3. The highest BCUT2D eigenvalue weighted by molar-refractivity contribution is 6.04. The van der Waals surface area contributed by atoms with Gasteiger partial charge >= 0.3 is 0 Å². The van der Waals surface area contributed by atoms with Crippen LogP contribution in [0.2, 0.25) is 0 Å². The predicted molar refractivity (Wildman–Crippen MR) is 463 cm³/mol. The van der Waals surface area contributed by atoms with Gasteiger partial charge in [-0.25, -0.2) is 59.8 Å². The van der Waals surface area contributed by atoms with Gasteiger partial charge in [0.25, 0.3) is 23.6 Å². The Morgan fingerprint density at radius 1 is 0.371 bits per heavy atom. The molecule has 32 nitrogen and oxygen atoms in total. The second kappa shape index (κ2) is 36.9. The van der Waals surface area contributed by atoms with E-state index in [2.05, 4.69) is 106 Å². The first-order valence-electron chi connectivity index (χ1n) is 42.6. The van der Waals surface area contributed by atoms with E-state index in [9.17, 15) is 19.2 Å². The van der Waals surface area contributed by atoms with Crippen molar-refractivity contribution in [3.8, 4) is 51.9 Å². The molecule has 4 saturated carbocycles. The maximum atomic E-state index is 13.9. The molecule has 0 spiro atoms. The van der Waals surface area contributed by atoms with Gasteiger partial charge in [0.15, 0.2) is 23.3 Å². The molecule has 8 aliphatic heterocycles. The average Bonchev–Trinajstić information content (AvgIpc) is 0.852. The van der Waals surface area contributed by atoms with Gasteiger partial charge in [0.2, 0.25) is 5.88 Å². The Kier molecular flexibility index (Phi) is 24.6. The van der Waals surface area contributed by atoms with E-state index in [-0.39, 0.29) is 72.0 Å². The Labute approximate surface area is 718 Å². The fourth-order valence-electron chi connectivity index (χ4n) is 18.9. The Balaban J connectivity index is 0.000000117. The minimum Gasteiger partial charge on any atom is -0.496 e. The van der Waals surface area contributed by atoms with E-state index in [4.69, 9.17) is 9.47 Å². The SMILES string of the molecule is COc1cccc(-c2ncccn2)c1C(=O)N1CC2CCC1C(Oc1ccc(C)cn1)C2.Cc1cnc(-c2ncccn2)c(C(=O)N2CC3CCC2C(Nc2cnc(C)cn2)C3)c1.Cc1cnc(-n2nccn2)c(C(=O)N2CC3CCC2C(Nc2cnc(C)cn2)C3)c1.Cc1cnc(NC2CC3CCC2N(C(=O)c2ccc(C)nc2-c2ncccn2)C3)cn1. The van der Waals surface area contributed by atoms with Crippen molar-refractivity contribution in [3.63, 3.8) is 0 Å². The van der Waals surface area contributed by atoms with Crippen LogP contribution in [0.4, 0.5) is 17.5 Å². The van der Waals surface area contributed by atoms with Crippen molar-refractivity contribution >= 4 is 41.1 Å². The quantitative estimate of drug-likeness (QED) is 0.0762. The molecular formula is C92H100N26O6. The van der Waals surface area contributed by atoms with Crippen LogP contribution < -0.4 is 25.4 Å². The van der Waals surface area contributed by atoms with Crippen molar-refractivity contribution < 1.29 is 28.7 Å². The first-order valence-corrected chi connectivity index (χ1v) is 42.6. The summed E-state index contributed by atoms with van der Waals surface area (Å²) >= 11 is 0. The fourth-order valence-corrected chi connectivity index (χ4v) is 18.9. The molecule has 8 saturated heterocycles. The van der Waals surface area contributed by atoms with Crippen molar-refractivity contribution in [2.24, 2.45) is 23.7 Å². The summed E-state index contributed by atoms with van der Waals surface area (Å²) < 4.78 is 11.9. The summed E-state index contributed by atoms with van der Waals surface area (Å²) in [5.41, 5.74) is 10.3. The molecule has 12 fully saturated rings. The van der Waals surface area contributed by atoms with Crippen molar-refractivity contribution in [1.29, 1.82) is 0 Å². The van der Waals surface area contributed by atoms with Crippen molar-refractivity contribution in [3.05, 3.63) is 240 Å². The van der Waals surface area contributed by atoms with Gasteiger partial charge in [-0.2, -0.15) is 10.2 Å². The lowest BCUT2D eigenvalue weighted by Crippen LogP contribution is -2.60. The molecule has 19 heterocycles. The van der Waals surface area contributed by atoms with Crippen LogP contribution in [0.15, 0.2) is 178 Å². The molecule has 124 heavy (non-hydrogen) atoms. The number of benzene rings is 1. The molecule has 3 N–H and O–H groups in total. The molecule has 1 aromatic carbocycles. The van der Waals surface area contributed by atoms with Gasteiger partial charge in [-0.3, -0.25) is 39.1 Å². The first-order chi connectivity index (χ1) is 60.4. The number of pyridine rings is 4. The average molecular weight is 1670 g/mol. The Morgan fingerprint density at radius 2 is 0.823 bits per heavy atom. The number of hydrogen-bond acceptors (Lipinski definition) is 27. The number of amides is 4. The van der Waals surface area contributed by atoms with Crippen LogP contribution >= 0.6 is 0 Å². The van der Waals surface area contributed by atoms with Crippen LogP contribution in [0.25, 0.3) is 40.2 Å². The van der Waals surface area contributed by atoms with Crippen molar-refractivity contribution in [2.45, 2.75) is 174 Å². The van der Waals surface area contributed by atoms with Crippen LogP contribution in [0.3, 0.4) is 0 Å². The zero-order valence-electron chi connectivity index (χ0n) is 70.7. The zero-order chi connectivity index (χ0) is 85.5. The third-order valence-electron chi connectivity index (χ3n) is 24.8. The standard InChI is InChI=1S/C25H26N4O3.2C23H25N7O.C21H24N8O/c1-16-7-10-22(28-14-16)32-21-13-17-8-9-19(21)29(15-17)25(30)23-18(5-3-6-20(23)31-2)24-26-11-4-12-27-24;1-14-4-6-17(21(28-14)22-24-8-3-9-25-22)23(31)30-13-16-5-7-19(30)18(10-16)29-20-12-26-15(2)11-27-20;1-14-8-17(21(28-10-14)22-24-6-3-7-25-22)23(31)30-13-16-4-5-19(30)18(9-16)29-20-12-26-15(2)11-27-20;1-13-7-16(20(24-9-13)29-25-5-6-26-29)21(30)28-12-15-3-4-18(28)17(8-15)27-19-11-22-14(2)10-23-19/h3-7,10-12,14,17,19,21H,8-9,13,15H2,1-2H3;3-4,6,8-9,11-12,16,18-19H,5,7,10,13H2,1-2H3,(H,27,29);3,6-8,10-12,16,18-19H,4-5,9,13H2,1-2H3,(H,27,29);5-7,9-11,15,17-18H,3-4,8,12H2,1-2H3,(H,23,27). The maximum Gasteiger partial charge on any atom is 0.258 e. The van der Waals surface area contributed by atoms with Crippen LogP contribution in [0.5, 0.6) is 11.6 Å². The highest BCUT2D eigenvalue weighted by Gasteiger charge is 2.49. The Morgan fingerprint density at radius 3 is 1.30 bits per heavy atom. The smallest absolute Gasteiger partial charge is 0.258 e. The van der Waals surface area contributed by atoms with Gasteiger partial charge in [-0.05, 0) is 214 Å². The number of aromatic nitrogens is 19. The second-order valence-corrected chi connectivity index (χ2v) is 33.6. The molecule has 12 atom stereocenters. The Hall–Kier alpha value is -13.7. The molecule has 11 aromatic heterocycles. The molecule has 8 bridgehead atoms. The van der Waals surface area contributed by atoms with Gasteiger partial charge in [-0.15, -0.1) is 4.80 Å². The number of fused-ring (bicyclic) bond motifs is 12. The lowest BCUT2D eigenvalue weighted by Gasteiger charge is -2.50. The molecule has 12 aromatic rings. The van der Waals surface area contributed by atoms with E-state index in [1.807, 2.05) is 123 Å². The van der Waals surface area contributed by atoms with Crippen LogP contribution in [-0.4, -0.2) is 220 Å². The topological polar surface area (TPSA) is 373 Å². The summed E-state index contributed by atoms with van der Waals surface area (Å²) in [6.07, 6.45) is 41.4. The van der Waals surface area contributed by atoms with Gasteiger partial charge in [0, 0.05) is 117 Å². The number of anilines is 3. The van der Waals surface area contributed by atoms with E-state index < -0.39 is 0 Å². The summed E-state index contributed by atoms with van der Waals surface area (Å²) in [5.74, 6) is 7.04. The number of ether oxygens (including phenoxy) is 2. The summed E-state index contributed by atoms with van der Waals surface area (Å²) in [4.78, 5) is 135. The molecule has 4 amide bonds. The van der Waals surface area contributed by atoms with E-state index in [1.54, 1.807) is 131 Å². The minimum atomic E-state index is -0.0761. The molecule has 12 unspecified atom stereocenters. The lowest BCUT2D eigenvalue weighted by atomic mass is 9.76. The molecule has 32 heteroatoms. The summed E-state index contributed by atoms with van der Waals surface area (Å²) in [5, 5.41) is 18.9. The Bertz CT molecular complexity index is 5730. The van der Waals surface area contributed by atoms with Crippen LogP contribution in [0.1, 0.15) is 158 Å². The minimum absolute atomic E-state index is 0.00477. The van der Waals surface area contributed by atoms with E-state index in [0.717, 1.165) is 160 Å². The number of nitrogens with zero attached hydrogens (tertiary/aromatic N) is 23. The number of piperidine rings is 8. The van der Waals surface area contributed by atoms with Gasteiger partial charge in [-0.1, -0.05) is 18.2 Å². The highest BCUT2D eigenvalue weighted by Crippen LogP contribution is 2.44. The largest absolute Gasteiger partial charge is 0.496 e. The number of aryl methyl sites for hydroxylation is 7. The number of methoxy groups -OCH3 is 1. The summed E-state index contributed by atoms with van der Waals surface area (Å²) in [6.45, 7) is 16.6. The predicted octanol–water partition coefficient (Wildman–Crippen LogP) is 12.2. The number of carbonyl (C=O) groups is 4. The number of nitrogens with one attached hydrogen (secondary N) is 3. The van der Waals surface area contributed by atoms with Crippen molar-refractivity contribution in [1.82, 2.24) is 114 Å². The molecular weight excluding hydrogens is 1570 g/mol. The van der Waals surface area contributed by atoms with E-state index >= 15 is 0 Å². The van der Waals surface area contributed by atoms with E-state index in [1.165, 1.54) is 4.80 Å². The molecule has 0 radical (unpaired) electrons. The monoisotopic (exact) mass is 1660 g/mol.